The fraction of sp³-hybridized carbons (Fsp3) is 0.462. The zero-order valence-corrected chi connectivity index (χ0v) is 11.0. The van der Waals surface area contributed by atoms with Crippen LogP contribution in [0.15, 0.2) is 27.4 Å². The van der Waals surface area contributed by atoms with Gasteiger partial charge in [-0.15, -0.1) is 0 Å². The molecular formula is C13H16N3O4+. The lowest BCUT2D eigenvalue weighted by Crippen LogP contribution is -3.12. The van der Waals surface area contributed by atoms with Crippen LogP contribution in [0.3, 0.4) is 0 Å². The average molecular weight is 278 g/mol. The lowest BCUT2D eigenvalue weighted by molar-refractivity contribution is -0.927. The van der Waals surface area contributed by atoms with Gasteiger partial charge in [-0.25, -0.2) is 9.36 Å². The molecule has 0 saturated carbocycles. The van der Waals surface area contributed by atoms with Crippen molar-refractivity contribution in [2.24, 2.45) is 0 Å². The number of non-ortho nitro benzene ring substituents is 1. The predicted molar refractivity (Wildman–Crippen MR) is 71.7 cm³/mol. The van der Waals surface area contributed by atoms with Crippen molar-refractivity contribution in [2.75, 3.05) is 13.1 Å². The number of rotatable bonds is 3. The summed E-state index contributed by atoms with van der Waals surface area (Å²) in [4.78, 5) is 23.5. The van der Waals surface area contributed by atoms with Gasteiger partial charge in [-0.3, -0.25) is 10.1 Å². The highest BCUT2D eigenvalue weighted by Crippen LogP contribution is 2.19. The van der Waals surface area contributed by atoms with E-state index in [0.29, 0.717) is 12.2 Å². The fourth-order valence-corrected chi connectivity index (χ4v) is 2.75. The normalized spacial score (nSPS) is 16.6. The van der Waals surface area contributed by atoms with Gasteiger partial charge in [0.2, 0.25) is 0 Å². The van der Waals surface area contributed by atoms with E-state index < -0.39 is 10.7 Å². The largest absolute Gasteiger partial charge is 0.424 e. The first-order valence-corrected chi connectivity index (χ1v) is 6.76. The van der Waals surface area contributed by atoms with E-state index in [1.54, 1.807) is 10.6 Å². The van der Waals surface area contributed by atoms with E-state index in [-0.39, 0.29) is 11.3 Å². The topological polar surface area (TPSA) is 82.7 Å². The maximum Gasteiger partial charge on any atom is 0.424 e. The number of piperidine rings is 1. The smallest absolute Gasteiger partial charge is 0.407 e. The first-order chi connectivity index (χ1) is 9.65. The Kier molecular flexibility index (Phi) is 3.27. The number of nitro groups is 1. The molecule has 20 heavy (non-hydrogen) atoms. The third-order valence-electron chi connectivity index (χ3n) is 3.81. The van der Waals surface area contributed by atoms with Crippen LogP contribution in [0.2, 0.25) is 0 Å². The van der Waals surface area contributed by atoms with Gasteiger partial charge in [0.05, 0.1) is 29.6 Å². The molecule has 1 saturated heterocycles. The van der Waals surface area contributed by atoms with E-state index >= 15 is 0 Å². The van der Waals surface area contributed by atoms with Crippen molar-refractivity contribution in [3.8, 4) is 0 Å². The van der Waals surface area contributed by atoms with Gasteiger partial charge in [0.15, 0.2) is 12.3 Å². The van der Waals surface area contributed by atoms with E-state index in [1.807, 2.05) is 0 Å². The van der Waals surface area contributed by atoms with Crippen molar-refractivity contribution < 1.29 is 14.2 Å². The monoisotopic (exact) mass is 278 g/mol. The molecule has 1 aliphatic heterocycles. The predicted octanol–water partition coefficient (Wildman–Crippen LogP) is 0.529. The maximum absolute atomic E-state index is 11.9. The number of nitrogens with one attached hydrogen (secondary N) is 1. The zero-order chi connectivity index (χ0) is 14.1. The number of hydrogen-bond donors (Lipinski definition) is 1. The van der Waals surface area contributed by atoms with E-state index in [9.17, 15) is 14.9 Å². The van der Waals surface area contributed by atoms with Crippen LogP contribution in [-0.2, 0) is 6.67 Å². The lowest BCUT2D eigenvalue weighted by atomic mass is 10.1. The van der Waals surface area contributed by atoms with Crippen molar-refractivity contribution in [3.05, 3.63) is 38.9 Å². The SMILES string of the molecule is O=c1oc2cc([N+](=O)[O-])ccc2n1C[NH+]1CCCCC1. The highest BCUT2D eigenvalue weighted by molar-refractivity contribution is 5.75. The molecule has 1 aromatic carbocycles. The van der Waals surface area contributed by atoms with Gasteiger partial charge >= 0.3 is 5.76 Å². The molecule has 0 spiro atoms. The first-order valence-electron chi connectivity index (χ1n) is 6.76. The van der Waals surface area contributed by atoms with Crippen LogP contribution in [0.5, 0.6) is 0 Å². The van der Waals surface area contributed by atoms with Gasteiger partial charge in [0.1, 0.15) is 0 Å². The molecule has 0 radical (unpaired) electrons. The standard InChI is InChI=1S/C13H15N3O4/c17-13-15(9-14-6-2-1-3-7-14)11-5-4-10(16(18)19)8-12(11)20-13/h4-5,8H,1-3,6-7,9H2/p+1. The van der Waals surface area contributed by atoms with E-state index in [4.69, 9.17) is 4.42 Å². The Balaban J connectivity index is 1.96. The molecule has 2 heterocycles. The molecule has 0 atom stereocenters. The minimum atomic E-state index is -0.493. The number of benzene rings is 1. The Labute approximate surface area is 114 Å². The Hall–Kier alpha value is -2.15. The Morgan fingerprint density at radius 3 is 2.75 bits per heavy atom. The summed E-state index contributed by atoms with van der Waals surface area (Å²) in [7, 11) is 0. The summed E-state index contributed by atoms with van der Waals surface area (Å²) in [6.45, 7) is 2.65. The minimum absolute atomic E-state index is 0.0660. The number of oxazole rings is 1. The van der Waals surface area contributed by atoms with Crippen LogP contribution in [0.1, 0.15) is 19.3 Å². The zero-order valence-electron chi connectivity index (χ0n) is 11.0. The van der Waals surface area contributed by atoms with Gasteiger partial charge in [0, 0.05) is 6.07 Å². The Bertz CT molecular complexity index is 697. The lowest BCUT2D eigenvalue weighted by Gasteiger charge is -2.23. The number of nitrogens with zero attached hydrogens (tertiary/aromatic N) is 2. The summed E-state index contributed by atoms with van der Waals surface area (Å²) >= 11 is 0. The number of hydrogen-bond acceptors (Lipinski definition) is 4. The summed E-state index contributed by atoms with van der Waals surface area (Å²) in [5.41, 5.74) is 0.836. The molecule has 0 bridgehead atoms. The van der Waals surface area contributed by atoms with Crippen LogP contribution >= 0.6 is 0 Å². The van der Waals surface area contributed by atoms with Crippen molar-refractivity contribution in [1.82, 2.24) is 4.57 Å². The van der Waals surface area contributed by atoms with Crippen LogP contribution < -0.4 is 10.7 Å². The highest BCUT2D eigenvalue weighted by atomic mass is 16.6. The number of likely N-dealkylation sites (tertiary alicyclic amines) is 1. The summed E-state index contributed by atoms with van der Waals surface area (Å²) < 4.78 is 6.69. The summed E-state index contributed by atoms with van der Waals surface area (Å²) in [6.07, 6.45) is 3.59. The van der Waals surface area contributed by atoms with Crippen LogP contribution in [0, 0.1) is 10.1 Å². The quantitative estimate of drug-likeness (QED) is 0.655. The van der Waals surface area contributed by atoms with Crippen LogP contribution in [0.25, 0.3) is 11.1 Å². The average Bonchev–Trinajstić information content (AvgIpc) is 2.75. The van der Waals surface area contributed by atoms with Crippen molar-refractivity contribution in [2.45, 2.75) is 25.9 Å². The molecule has 1 N–H and O–H groups in total. The van der Waals surface area contributed by atoms with Crippen molar-refractivity contribution >= 4 is 16.8 Å². The van der Waals surface area contributed by atoms with Crippen molar-refractivity contribution in [1.29, 1.82) is 0 Å². The molecule has 7 heteroatoms. The Morgan fingerprint density at radius 2 is 2.05 bits per heavy atom. The molecule has 0 aliphatic carbocycles. The Morgan fingerprint density at radius 1 is 1.30 bits per heavy atom. The van der Waals surface area contributed by atoms with Gasteiger partial charge in [-0.2, -0.15) is 0 Å². The van der Waals surface area contributed by atoms with Gasteiger partial charge in [-0.05, 0) is 25.3 Å². The fourth-order valence-electron chi connectivity index (χ4n) is 2.75. The number of quaternary nitrogens is 1. The molecule has 0 unspecified atom stereocenters. The van der Waals surface area contributed by atoms with Crippen molar-refractivity contribution in [3.63, 3.8) is 0 Å². The second-order valence-electron chi connectivity index (χ2n) is 5.17. The molecule has 2 aromatic rings. The van der Waals surface area contributed by atoms with E-state index in [0.717, 1.165) is 13.1 Å². The second-order valence-corrected chi connectivity index (χ2v) is 5.17. The van der Waals surface area contributed by atoms with Crippen LogP contribution in [0.4, 0.5) is 5.69 Å². The molecule has 0 amide bonds. The summed E-state index contributed by atoms with van der Waals surface area (Å²) in [6, 6.07) is 4.29. The van der Waals surface area contributed by atoms with Gasteiger partial charge < -0.3 is 9.32 Å². The molecule has 106 valence electrons. The second kappa shape index (κ2) is 5.09. The minimum Gasteiger partial charge on any atom is -0.407 e. The van der Waals surface area contributed by atoms with Gasteiger partial charge in [0.25, 0.3) is 5.69 Å². The summed E-state index contributed by atoms with van der Waals surface area (Å²) in [5, 5.41) is 10.7. The van der Waals surface area contributed by atoms with E-state index in [2.05, 4.69) is 0 Å². The number of nitro benzene ring substituents is 1. The van der Waals surface area contributed by atoms with Gasteiger partial charge in [-0.1, -0.05) is 0 Å². The molecule has 1 fully saturated rings. The molecule has 1 aliphatic rings. The summed E-state index contributed by atoms with van der Waals surface area (Å²) in [5.74, 6) is -0.446. The van der Waals surface area contributed by atoms with Crippen LogP contribution in [-0.4, -0.2) is 22.6 Å². The third kappa shape index (κ3) is 2.32. The van der Waals surface area contributed by atoms with E-state index in [1.165, 1.54) is 36.3 Å². The first kappa shape index (κ1) is 12.9. The third-order valence-corrected chi connectivity index (χ3v) is 3.81. The molecular weight excluding hydrogens is 262 g/mol. The maximum atomic E-state index is 11.9. The molecule has 3 rings (SSSR count). The molecule has 1 aromatic heterocycles. The number of fused-ring (bicyclic) bond motifs is 1. The number of aromatic nitrogens is 1. The highest BCUT2D eigenvalue weighted by Gasteiger charge is 2.19. The molecule has 7 nitrogen and oxygen atoms in total.